The van der Waals surface area contributed by atoms with Crippen molar-refractivity contribution in [3.05, 3.63) is 48.6 Å². The van der Waals surface area contributed by atoms with Crippen LogP contribution in [-0.4, -0.2) is 7.11 Å². The van der Waals surface area contributed by atoms with Gasteiger partial charge in [0.1, 0.15) is 0 Å². The Labute approximate surface area is 130 Å². The molecule has 0 bridgehead atoms. The van der Waals surface area contributed by atoms with E-state index in [0.717, 1.165) is 0 Å². The maximum atomic E-state index is 4.25. The number of rotatable bonds is 0. The van der Waals surface area contributed by atoms with Gasteiger partial charge in [-0.2, -0.15) is 0 Å². The van der Waals surface area contributed by atoms with Crippen LogP contribution in [0.25, 0.3) is 0 Å². The molecule has 0 heterocycles. The van der Waals surface area contributed by atoms with Crippen molar-refractivity contribution in [2.45, 2.75) is 51.4 Å². The van der Waals surface area contributed by atoms with Crippen LogP contribution in [0.4, 0.5) is 0 Å². The Hall–Kier alpha value is -0.431. The summed E-state index contributed by atoms with van der Waals surface area (Å²) in [5.74, 6) is 0. The van der Waals surface area contributed by atoms with Gasteiger partial charge in [0.15, 0.2) is 0 Å². The van der Waals surface area contributed by atoms with E-state index in [2.05, 4.69) is 52.1 Å². The minimum atomic E-state index is 1.23. The molecule has 0 N–H and O–H groups in total. The fraction of sp³-hybridized carbons (Fsp3) is 0.529. The maximum absolute atomic E-state index is 4.25. The van der Waals surface area contributed by atoms with E-state index < -0.39 is 0 Å². The Morgan fingerprint density at radius 3 is 0.737 bits per heavy atom. The molecule has 0 saturated heterocycles. The Bertz CT molecular complexity index is 197. The van der Waals surface area contributed by atoms with E-state index in [1.54, 1.807) is 26.4 Å². The average Bonchev–Trinajstić information content (AvgIpc) is 2.28. The van der Waals surface area contributed by atoms with Crippen LogP contribution in [0.15, 0.2) is 48.6 Å². The van der Waals surface area contributed by atoms with Gasteiger partial charge in [-0.1, -0.05) is 48.6 Å². The molecule has 0 unspecified atom stereocenters. The van der Waals surface area contributed by atoms with Crippen LogP contribution in [0.2, 0.25) is 0 Å². The third kappa shape index (κ3) is 17.6. The molecule has 1 nitrogen and oxygen atoms in total. The van der Waals surface area contributed by atoms with Gasteiger partial charge in [0.2, 0.25) is 0 Å². The van der Waals surface area contributed by atoms with Gasteiger partial charge < -0.3 is 0 Å². The quantitative estimate of drug-likeness (QED) is 0.457. The van der Waals surface area contributed by atoms with Gasteiger partial charge in [-0.05, 0) is 51.4 Å². The first-order valence-electron chi connectivity index (χ1n) is 7.14. The first-order valence-corrected chi connectivity index (χ1v) is 8.12. The minimum absolute atomic E-state index is 1.23. The van der Waals surface area contributed by atoms with Crippen molar-refractivity contribution in [3.63, 3.8) is 0 Å². The summed E-state index contributed by atoms with van der Waals surface area (Å²) in [6, 6.07) is 0. The van der Waals surface area contributed by atoms with Crippen molar-refractivity contribution in [1.29, 1.82) is 0 Å². The number of hydrogen-bond acceptors (Lipinski definition) is 1. The van der Waals surface area contributed by atoms with Gasteiger partial charge in [-0.3, -0.25) is 0 Å². The predicted molar refractivity (Wildman–Crippen MR) is 80.5 cm³/mol. The van der Waals surface area contributed by atoms with E-state index in [0.29, 0.717) is 0 Å². The van der Waals surface area contributed by atoms with E-state index >= 15 is 0 Å². The molecule has 0 fully saturated rings. The molecular formula is C17H27IrO. The zero-order chi connectivity index (χ0) is 14.0. The molecule has 2 aliphatic rings. The van der Waals surface area contributed by atoms with Crippen LogP contribution in [0.1, 0.15) is 51.4 Å². The van der Waals surface area contributed by atoms with E-state index in [9.17, 15) is 0 Å². The second kappa shape index (κ2) is 17.6. The van der Waals surface area contributed by atoms with Crippen molar-refractivity contribution < 1.29 is 22.8 Å². The molecule has 19 heavy (non-hydrogen) atoms. The first kappa shape index (κ1) is 18.6. The summed E-state index contributed by atoms with van der Waals surface area (Å²) in [4.78, 5) is 0. The molecule has 0 aromatic heterocycles. The van der Waals surface area contributed by atoms with Crippen LogP contribution >= 0.6 is 0 Å². The van der Waals surface area contributed by atoms with Crippen LogP contribution < -0.4 is 0 Å². The molecule has 0 radical (unpaired) electrons. The molecule has 0 atom stereocenters. The molecule has 110 valence electrons. The second-order valence-electron chi connectivity index (χ2n) is 4.33. The van der Waals surface area contributed by atoms with Crippen molar-refractivity contribution in [3.8, 4) is 0 Å². The molecule has 0 aromatic carbocycles. The van der Waals surface area contributed by atoms with Gasteiger partial charge in [-0.25, -0.2) is 0 Å². The average molecular weight is 440 g/mol. The monoisotopic (exact) mass is 440 g/mol. The number of allylic oxidation sites excluding steroid dienone is 8. The van der Waals surface area contributed by atoms with Gasteiger partial charge >= 0.3 is 29.9 Å². The normalized spacial score (nSPS) is 24.6. The summed E-state index contributed by atoms with van der Waals surface area (Å²) < 4.78 is 4.25. The molecular weight excluding hydrogens is 412 g/mol. The number of hydrogen-bond donors (Lipinski definition) is 0. The fourth-order valence-electron chi connectivity index (χ4n) is 1.71. The molecule has 0 spiro atoms. The van der Waals surface area contributed by atoms with Crippen molar-refractivity contribution in [1.82, 2.24) is 0 Å². The first-order chi connectivity index (χ1) is 9.41. The third-order valence-electron chi connectivity index (χ3n) is 2.67. The van der Waals surface area contributed by atoms with E-state index in [4.69, 9.17) is 0 Å². The zero-order valence-corrected chi connectivity index (χ0v) is 14.4. The SMILES string of the molecule is C1=C\CC/C=C\CC/1.C1=C\CC/C=C\CC/1.C[O][Ir]. The summed E-state index contributed by atoms with van der Waals surface area (Å²) in [6.45, 7) is 0. The molecule has 0 amide bonds. The second-order valence-corrected chi connectivity index (χ2v) is 5.31. The Kier molecular flexibility index (Phi) is 17.2. The van der Waals surface area contributed by atoms with Crippen LogP contribution in [0.5, 0.6) is 0 Å². The van der Waals surface area contributed by atoms with Crippen LogP contribution in [-0.2, 0) is 22.8 Å². The van der Waals surface area contributed by atoms with Gasteiger partial charge in [0.05, 0.1) is 0 Å². The van der Waals surface area contributed by atoms with Gasteiger partial charge in [0, 0.05) is 0 Å². The fourth-order valence-corrected chi connectivity index (χ4v) is 1.71. The summed E-state index contributed by atoms with van der Waals surface area (Å²) in [5.41, 5.74) is 0. The van der Waals surface area contributed by atoms with Crippen molar-refractivity contribution in [2.24, 2.45) is 0 Å². The van der Waals surface area contributed by atoms with Crippen molar-refractivity contribution >= 4 is 0 Å². The molecule has 0 saturated carbocycles. The van der Waals surface area contributed by atoms with E-state index in [1.807, 2.05) is 0 Å². The van der Waals surface area contributed by atoms with Crippen LogP contribution in [0, 0.1) is 0 Å². The Balaban J connectivity index is 0.000000284. The topological polar surface area (TPSA) is 9.23 Å². The van der Waals surface area contributed by atoms with Gasteiger partial charge in [0.25, 0.3) is 0 Å². The summed E-state index contributed by atoms with van der Waals surface area (Å²) in [6.07, 6.45) is 28.0. The predicted octanol–water partition coefficient (Wildman–Crippen LogP) is 5.44. The summed E-state index contributed by atoms with van der Waals surface area (Å²) in [7, 11) is 1.62. The molecule has 0 aromatic rings. The summed E-state index contributed by atoms with van der Waals surface area (Å²) >= 11 is 1.62. The Morgan fingerprint density at radius 1 is 0.526 bits per heavy atom. The van der Waals surface area contributed by atoms with Crippen molar-refractivity contribution in [2.75, 3.05) is 7.11 Å². The standard InChI is InChI=1S/2C8H12.CH3O.Ir/c2*1-2-4-6-8-7-5-3-1;1-2;/h2*1-2,7-8H,3-6H2;1H3;/q;;-1;+1/b2*2-1-,8-7-;;. The summed E-state index contributed by atoms with van der Waals surface area (Å²) in [5, 5.41) is 0. The third-order valence-corrected chi connectivity index (χ3v) is 2.67. The molecule has 0 aliphatic heterocycles. The van der Waals surface area contributed by atoms with E-state index in [-0.39, 0.29) is 0 Å². The van der Waals surface area contributed by atoms with Gasteiger partial charge in [-0.15, -0.1) is 0 Å². The molecule has 2 heteroatoms. The molecule has 2 aliphatic carbocycles. The Morgan fingerprint density at radius 2 is 0.632 bits per heavy atom. The van der Waals surface area contributed by atoms with Crippen LogP contribution in [0.3, 0.4) is 0 Å². The zero-order valence-electron chi connectivity index (χ0n) is 12.0. The molecule has 2 rings (SSSR count). The van der Waals surface area contributed by atoms with E-state index in [1.165, 1.54) is 51.4 Å².